The van der Waals surface area contributed by atoms with Crippen molar-refractivity contribution in [1.29, 1.82) is 0 Å². The van der Waals surface area contributed by atoms with Gasteiger partial charge in [0.2, 0.25) is 5.91 Å². The van der Waals surface area contributed by atoms with Crippen LogP contribution in [0.15, 0.2) is 30.3 Å². The van der Waals surface area contributed by atoms with E-state index in [0.717, 1.165) is 23.3 Å². The lowest BCUT2D eigenvalue weighted by atomic mass is 9.85. The summed E-state index contributed by atoms with van der Waals surface area (Å²) in [6.45, 7) is 1.74. The maximum atomic E-state index is 13.0. The third-order valence-electron chi connectivity index (χ3n) is 4.04. The molecule has 2 rings (SSSR count). The molecule has 0 spiro atoms. The Balaban J connectivity index is 2.27. The molecule has 0 radical (unpaired) electrons. The Labute approximate surface area is 141 Å². The van der Waals surface area contributed by atoms with Crippen LogP contribution < -0.4 is 10.6 Å². The number of imide groups is 1. The fourth-order valence-corrected chi connectivity index (χ4v) is 2.79. The van der Waals surface area contributed by atoms with Gasteiger partial charge in [-0.05, 0) is 12.0 Å². The van der Waals surface area contributed by atoms with Gasteiger partial charge in [0.05, 0.1) is 6.54 Å². The molecule has 0 saturated carbocycles. The highest BCUT2D eigenvalue weighted by Crippen LogP contribution is 2.33. The molecule has 0 bridgehead atoms. The first-order valence-electron chi connectivity index (χ1n) is 7.95. The molecular weight excluding hydrogens is 306 g/mol. The zero-order chi connectivity index (χ0) is 17.6. The predicted octanol–water partition coefficient (Wildman–Crippen LogP) is 1.37. The van der Waals surface area contributed by atoms with E-state index in [1.54, 1.807) is 0 Å². The number of nitrogens with zero attached hydrogens (tertiary/aromatic N) is 1. The molecule has 1 aromatic rings. The molecule has 1 fully saturated rings. The number of urea groups is 1. The molecule has 1 atom stereocenters. The summed E-state index contributed by atoms with van der Waals surface area (Å²) >= 11 is 0. The third-order valence-corrected chi connectivity index (χ3v) is 4.04. The van der Waals surface area contributed by atoms with Crippen molar-refractivity contribution < 1.29 is 14.4 Å². The molecule has 4 amide bonds. The minimum atomic E-state index is -1.11. The molecule has 6 heteroatoms. The maximum absolute atomic E-state index is 13.0. The summed E-state index contributed by atoms with van der Waals surface area (Å²) < 4.78 is 0. The topological polar surface area (TPSA) is 78.5 Å². The van der Waals surface area contributed by atoms with E-state index >= 15 is 0 Å². The van der Waals surface area contributed by atoms with Crippen LogP contribution >= 0.6 is 0 Å². The van der Waals surface area contributed by atoms with E-state index in [-0.39, 0.29) is 13.1 Å². The van der Waals surface area contributed by atoms with Crippen LogP contribution in [0.3, 0.4) is 0 Å². The number of unbranched alkanes of at least 4 members (excludes halogenated alkanes) is 1. The molecule has 1 aromatic carbocycles. The minimum absolute atomic E-state index is 0.0577. The number of benzene rings is 1. The number of nitrogens with one attached hydrogen (secondary N) is 2. The van der Waals surface area contributed by atoms with E-state index in [0.29, 0.717) is 6.42 Å². The molecule has 2 N–H and O–H groups in total. The number of hydrogen-bond donors (Lipinski definition) is 2. The zero-order valence-electron chi connectivity index (χ0n) is 13.7. The molecule has 6 nitrogen and oxygen atoms in total. The first kappa shape index (κ1) is 17.5. The molecular formula is C18H21N3O3. The van der Waals surface area contributed by atoms with Crippen LogP contribution in [0, 0.1) is 12.3 Å². The first-order valence-corrected chi connectivity index (χ1v) is 7.95. The Bertz CT molecular complexity index is 666. The monoisotopic (exact) mass is 327 g/mol. The van der Waals surface area contributed by atoms with Gasteiger partial charge < -0.3 is 10.6 Å². The quantitative estimate of drug-likeness (QED) is 0.586. The van der Waals surface area contributed by atoms with Gasteiger partial charge in [0.15, 0.2) is 0 Å². The van der Waals surface area contributed by atoms with Gasteiger partial charge in [0.25, 0.3) is 5.91 Å². The third kappa shape index (κ3) is 3.40. The van der Waals surface area contributed by atoms with Crippen LogP contribution in [-0.2, 0) is 15.1 Å². The van der Waals surface area contributed by atoms with Crippen LogP contribution in [0.25, 0.3) is 0 Å². The number of carbonyl (C=O) groups is 3. The van der Waals surface area contributed by atoms with E-state index in [4.69, 9.17) is 6.42 Å². The van der Waals surface area contributed by atoms with E-state index in [1.165, 1.54) is 0 Å². The second-order valence-corrected chi connectivity index (χ2v) is 5.68. The normalized spacial score (nSPS) is 19.8. The number of amides is 4. The highest BCUT2D eigenvalue weighted by molar-refractivity contribution is 6.09. The Morgan fingerprint density at radius 1 is 1.33 bits per heavy atom. The molecule has 1 aliphatic heterocycles. The van der Waals surface area contributed by atoms with Crippen molar-refractivity contribution in [2.24, 2.45) is 0 Å². The number of rotatable bonds is 7. The lowest BCUT2D eigenvalue weighted by Crippen LogP contribution is -2.45. The molecule has 1 saturated heterocycles. The summed E-state index contributed by atoms with van der Waals surface area (Å²) in [6, 6.07) is 8.57. The van der Waals surface area contributed by atoms with Gasteiger partial charge >= 0.3 is 6.03 Å². The van der Waals surface area contributed by atoms with Crippen molar-refractivity contribution in [1.82, 2.24) is 15.5 Å². The average molecular weight is 327 g/mol. The van der Waals surface area contributed by atoms with Gasteiger partial charge in [-0.15, -0.1) is 6.42 Å². The van der Waals surface area contributed by atoms with Crippen molar-refractivity contribution in [2.75, 3.05) is 13.1 Å². The van der Waals surface area contributed by atoms with Gasteiger partial charge in [-0.1, -0.05) is 56.0 Å². The standard InChI is InChI=1S/C18H21N3O3/c1-3-5-11-18(14-9-7-6-8-10-14)16(23)21(17(24)20-18)13-15(22)19-12-4-2/h2,6-10H,3,5,11-13H2,1H3,(H,19,22)(H,20,24). The predicted molar refractivity (Wildman–Crippen MR) is 89.7 cm³/mol. The lowest BCUT2D eigenvalue weighted by molar-refractivity contribution is -0.135. The lowest BCUT2D eigenvalue weighted by Gasteiger charge is -2.27. The van der Waals surface area contributed by atoms with Gasteiger partial charge in [-0.3, -0.25) is 14.5 Å². The molecule has 1 aliphatic rings. The molecule has 24 heavy (non-hydrogen) atoms. The van der Waals surface area contributed by atoms with Crippen LogP contribution in [-0.4, -0.2) is 35.8 Å². The second kappa shape index (κ2) is 7.64. The number of hydrogen-bond acceptors (Lipinski definition) is 3. The summed E-state index contributed by atoms with van der Waals surface area (Å²) in [4.78, 5) is 38.1. The van der Waals surface area contributed by atoms with Crippen LogP contribution in [0.4, 0.5) is 4.79 Å². The van der Waals surface area contributed by atoms with Crippen LogP contribution in [0.1, 0.15) is 31.7 Å². The Morgan fingerprint density at radius 2 is 2.04 bits per heavy atom. The van der Waals surface area contributed by atoms with E-state index in [1.807, 2.05) is 37.3 Å². The van der Waals surface area contributed by atoms with Gasteiger partial charge in [-0.25, -0.2) is 4.79 Å². The Morgan fingerprint density at radius 3 is 2.67 bits per heavy atom. The summed E-state index contributed by atoms with van der Waals surface area (Å²) in [6.07, 6.45) is 7.24. The summed E-state index contributed by atoms with van der Waals surface area (Å²) in [5.41, 5.74) is -0.385. The second-order valence-electron chi connectivity index (χ2n) is 5.68. The van der Waals surface area contributed by atoms with E-state index in [2.05, 4.69) is 16.6 Å². The van der Waals surface area contributed by atoms with Crippen molar-refractivity contribution in [3.05, 3.63) is 35.9 Å². The van der Waals surface area contributed by atoms with Crippen LogP contribution in [0.2, 0.25) is 0 Å². The SMILES string of the molecule is C#CCNC(=O)CN1C(=O)NC(CCCC)(c2ccccc2)C1=O. The van der Waals surface area contributed by atoms with Crippen LogP contribution in [0.5, 0.6) is 0 Å². The van der Waals surface area contributed by atoms with Crippen molar-refractivity contribution in [3.8, 4) is 12.3 Å². The van der Waals surface area contributed by atoms with Crippen molar-refractivity contribution in [2.45, 2.75) is 31.7 Å². The maximum Gasteiger partial charge on any atom is 0.325 e. The summed E-state index contributed by atoms with van der Waals surface area (Å²) in [5.74, 6) is 1.42. The van der Waals surface area contributed by atoms with E-state index < -0.39 is 23.4 Å². The Hall–Kier alpha value is -2.81. The molecule has 0 aliphatic carbocycles. The Kier molecular flexibility index (Phi) is 5.59. The van der Waals surface area contributed by atoms with Crippen molar-refractivity contribution >= 4 is 17.8 Å². The smallest absolute Gasteiger partial charge is 0.325 e. The number of carbonyl (C=O) groups excluding carboxylic acids is 3. The summed E-state index contributed by atoms with van der Waals surface area (Å²) in [7, 11) is 0. The van der Waals surface area contributed by atoms with Gasteiger partial charge in [0, 0.05) is 0 Å². The number of terminal acetylenes is 1. The highest BCUT2D eigenvalue weighted by atomic mass is 16.2. The molecule has 1 unspecified atom stereocenters. The highest BCUT2D eigenvalue weighted by Gasteiger charge is 2.52. The minimum Gasteiger partial charge on any atom is -0.344 e. The molecule has 0 aromatic heterocycles. The average Bonchev–Trinajstić information content (AvgIpc) is 2.84. The zero-order valence-corrected chi connectivity index (χ0v) is 13.7. The van der Waals surface area contributed by atoms with Gasteiger partial charge in [-0.2, -0.15) is 0 Å². The molecule has 1 heterocycles. The first-order chi connectivity index (χ1) is 11.5. The fourth-order valence-electron chi connectivity index (χ4n) is 2.79. The fraction of sp³-hybridized carbons (Fsp3) is 0.389. The van der Waals surface area contributed by atoms with E-state index in [9.17, 15) is 14.4 Å². The largest absolute Gasteiger partial charge is 0.344 e. The van der Waals surface area contributed by atoms with Gasteiger partial charge in [0.1, 0.15) is 12.1 Å². The summed E-state index contributed by atoms with van der Waals surface area (Å²) in [5, 5.41) is 5.26. The van der Waals surface area contributed by atoms with Crippen molar-refractivity contribution in [3.63, 3.8) is 0 Å². The molecule has 126 valence electrons.